The average Bonchev–Trinajstić information content (AvgIpc) is 2.23. The van der Waals surface area contributed by atoms with Gasteiger partial charge in [0.2, 0.25) is 0 Å². The number of rotatable bonds is 4. The van der Waals surface area contributed by atoms with Crippen LogP contribution in [0, 0.1) is 5.92 Å². The van der Waals surface area contributed by atoms with Crippen molar-refractivity contribution in [2.45, 2.75) is 52.2 Å². The molecule has 0 N–H and O–H groups in total. The van der Waals surface area contributed by atoms with E-state index in [9.17, 15) is 4.79 Å². The molecule has 2 atom stereocenters. The molecule has 1 unspecified atom stereocenters. The summed E-state index contributed by atoms with van der Waals surface area (Å²) >= 11 is 1.94. The molecule has 1 saturated carbocycles. The molecule has 0 spiro atoms. The summed E-state index contributed by atoms with van der Waals surface area (Å²) in [5.41, 5.74) is 3.10. The van der Waals surface area contributed by atoms with Crippen LogP contribution in [0.15, 0.2) is 11.1 Å². The summed E-state index contributed by atoms with van der Waals surface area (Å²) < 4.78 is 4.98. The maximum absolute atomic E-state index is 10.7. The normalized spacial score (nSPS) is 24.6. The molecule has 3 heteroatoms. The molecule has 17 heavy (non-hydrogen) atoms. The SMILES string of the molecule is CC(=O)OCCSC1C[C@H](C)CCC1=C(C)C. The summed E-state index contributed by atoms with van der Waals surface area (Å²) in [5, 5.41) is 0.638. The van der Waals surface area contributed by atoms with Crippen LogP contribution in [0.5, 0.6) is 0 Å². The average molecular weight is 256 g/mol. The molecule has 98 valence electrons. The molecule has 0 bridgehead atoms. The van der Waals surface area contributed by atoms with Crippen LogP contribution in [0.1, 0.15) is 47.0 Å². The van der Waals surface area contributed by atoms with Crippen molar-refractivity contribution in [3.05, 3.63) is 11.1 Å². The van der Waals surface area contributed by atoms with E-state index in [1.54, 1.807) is 5.57 Å². The molecule has 0 aliphatic heterocycles. The van der Waals surface area contributed by atoms with E-state index in [-0.39, 0.29) is 5.97 Å². The minimum Gasteiger partial charge on any atom is -0.465 e. The third-order valence-corrected chi connectivity index (χ3v) is 4.54. The van der Waals surface area contributed by atoms with E-state index in [0.29, 0.717) is 11.9 Å². The van der Waals surface area contributed by atoms with Crippen molar-refractivity contribution in [1.29, 1.82) is 0 Å². The van der Waals surface area contributed by atoms with Gasteiger partial charge in [0, 0.05) is 17.9 Å². The molecule has 0 aromatic rings. The van der Waals surface area contributed by atoms with Crippen LogP contribution < -0.4 is 0 Å². The van der Waals surface area contributed by atoms with Gasteiger partial charge in [-0.2, -0.15) is 11.8 Å². The Morgan fingerprint density at radius 1 is 1.41 bits per heavy atom. The molecule has 1 fully saturated rings. The Hall–Kier alpha value is -0.440. The van der Waals surface area contributed by atoms with Crippen LogP contribution in [-0.2, 0) is 9.53 Å². The first-order valence-electron chi connectivity index (χ1n) is 6.42. The number of thioether (sulfide) groups is 1. The number of hydrogen-bond donors (Lipinski definition) is 0. The number of ether oxygens (including phenoxy) is 1. The van der Waals surface area contributed by atoms with E-state index < -0.39 is 0 Å². The summed E-state index contributed by atoms with van der Waals surface area (Å²) in [5.74, 6) is 1.56. The predicted octanol–water partition coefficient (Wildman–Crippen LogP) is 3.81. The highest BCUT2D eigenvalue weighted by molar-refractivity contribution is 8.00. The molecular weight excluding hydrogens is 232 g/mol. The molecule has 0 amide bonds. The third kappa shape index (κ3) is 5.15. The number of hydrogen-bond acceptors (Lipinski definition) is 3. The monoisotopic (exact) mass is 256 g/mol. The minimum atomic E-state index is -0.176. The highest BCUT2D eigenvalue weighted by Crippen LogP contribution is 2.37. The summed E-state index contributed by atoms with van der Waals surface area (Å²) in [4.78, 5) is 10.7. The highest BCUT2D eigenvalue weighted by atomic mass is 32.2. The van der Waals surface area contributed by atoms with Gasteiger partial charge in [0.1, 0.15) is 6.61 Å². The van der Waals surface area contributed by atoms with Crippen molar-refractivity contribution in [3.63, 3.8) is 0 Å². The van der Waals surface area contributed by atoms with E-state index in [0.717, 1.165) is 11.7 Å². The maximum Gasteiger partial charge on any atom is 0.302 e. The zero-order valence-corrected chi connectivity index (χ0v) is 12.2. The van der Waals surface area contributed by atoms with E-state index in [2.05, 4.69) is 20.8 Å². The first-order chi connectivity index (χ1) is 8.00. The Morgan fingerprint density at radius 2 is 2.12 bits per heavy atom. The van der Waals surface area contributed by atoms with Crippen molar-refractivity contribution in [2.24, 2.45) is 5.92 Å². The molecular formula is C14H24O2S. The molecule has 0 aromatic heterocycles. The van der Waals surface area contributed by atoms with Gasteiger partial charge >= 0.3 is 5.97 Å². The maximum atomic E-state index is 10.7. The molecule has 2 nitrogen and oxygen atoms in total. The number of allylic oxidation sites excluding steroid dienone is 1. The summed E-state index contributed by atoms with van der Waals surface area (Å²) in [6.07, 6.45) is 3.83. The fourth-order valence-electron chi connectivity index (χ4n) is 2.30. The lowest BCUT2D eigenvalue weighted by atomic mass is 9.85. The molecule has 1 aliphatic rings. The van der Waals surface area contributed by atoms with Crippen molar-refractivity contribution in [3.8, 4) is 0 Å². The predicted molar refractivity (Wildman–Crippen MR) is 74.3 cm³/mol. The first-order valence-corrected chi connectivity index (χ1v) is 7.46. The van der Waals surface area contributed by atoms with Crippen molar-refractivity contribution in [2.75, 3.05) is 12.4 Å². The molecule has 0 heterocycles. The van der Waals surface area contributed by atoms with E-state index >= 15 is 0 Å². The Morgan fingerprint density at radius 3 is 2.71 bits per heavy atom. The van der Waals surface area contributed by atoms with Crippen molar-refractivity contribution in [1.82, 2.24) is 0 Å². The van der Waals surface area contributed by atoms with Crippen LogP contribution >= 0.6 is 11.8 Å². The minimum absolute atomic E-state index is 0.176. The Balaban J connectivity index is 2.42. The smallest absolute Gasteiger partial charge is 0.302 e. The van der Waals surface area contributed by atoms with E-state index in [1.807, 2.05) is 11.8 Å². The standard InChI is InChI=1S/C14H24O2S/c1-10(2)13-6-5-11(3)9-14(13)17-8-7-16-12(4)15/h11,14H,5-9H2,1-4H3/t11-,14?/m1/s1. The van der Waals surface area contributed by atoms with Gasteiger partial charge in [-0.05, 0) is 39.0 Å². The largest absolute Gasteiger partial charge is 0.465 e. The van der Waals surface area contributed by atoms with E-state index in [1.165, 1.54) is 31.8 Å². The second-order valence-corrected chi connectivity index (χ2v) is 6.41. The quantitative estimate of drug-likeness (QED) is 0.435. The van der Waals surface area contributed by atoms with Gasteiger partial charge in [-0.25, -0.2) is 0 Å². The van der Waals surface area contributed by atoms with Crippen LogP contribution in [0.4, 0.5) is 0 Å². The van der Waals surface area contributed by atoms with Gasteiger partial charge in [0.15, 0.2) is 0 Å². The fourth-order valence-corrected chi connectivity index (χ4v) is 3.79. The van der Waals surface area contributed by atoms with Gasteiger partial charge < -0.3 is 4.74 Å². The lowest BCUT2D eigenvalue weighted by Crippen LogP contribution is -2.20. The highest BCUT2D eigenvalue weighted by Gasteiger charge is 2.24. The lowest BCUT2D eigenvalue weighted by molar-refractivity contribution is -0.140. The second kappa shape index (κ2) is 7.10. The zero-order chi connectivity index (χ0) is 12.8. The summed E-state index contributed by atoms with van der Waals surface area (Å²) in [6, 6.07) is 0. The van der Waals surface area contributed by atoms with Gasteiger partial charge in [0.25, 0.3) is 0 Å². The number of carbonyl (C=O) groups is 1. The fraction of sp³-hybridized carbons (Fsp3) is 0.786. The Bertz CT molecular complexity index is 293. The van der Waals surface area contributed by atoms with E-state index in [4.69, 9.17) is 4.74 Å². The molecule has 1 aliphatic carbocycles. The summed E-state index contributed by atoms with van der Waals surface area (Å²) in [7, 11) is 0. The number of carbonyl (C=O) groups excluding carboxylic acids is 1. The molecule has 0 saturated heterocycles. The zero-order valence-electron chi connectivity index (χ0n) is 11.4. The van der Waals surface area contributed by atoms with Crippen LogP contribution in [0.2, 0.25) is 0 Å². The Kier molecular flexibility index (Phi) is 6.10. The van der Waals surface area contributed by atoms with Crippen LogP contribution in [0.25, 0.3) is 0 Å². The molecule has 1 rings (SSSR count). The second-order valence-electron chi connectivity index (χ2n) is 5.10. The van der Waals surface area contributed by atoms with Gasteiger partial charge in [-0.3, -0.25) is 4.79 Å². The first kappa shape index (κ1) is 14.6. The van der Waals surface area contributed by atoms with Crippen molar-refractivity contribution >= 4 is 17.7 Å². The number of esters is 1. The van der Waals surface area contributed by atoms with Gasteiger partial charge in [-0.1, -0.05) is 18.1 Å². The summed E-state index contributed by atoms with van der Waals surface area (Å²) in [6.45, 7) is 8.77. The van der Waals surface area contributed by atoms with Crippen LogP contribution in [-0.4, -0.2) is 23.6 Å². The molecule has 0 radical (unpaired) electrons. The van der Waals surface area contributed by atoms with Gasteiger partial charge in [-0.15, -0.1) is 0 Å². The topological polar surface area (TPSA) is 26.3 Å². The van der Waals surface area contributed by atoms with Gasteiger partial charge in [0.05, 0.1) is 0 Å². The van der Waals surface area contributed by atoms with Crippen LogP contribution in [0.3, 0.4) is 0 Å². The van der Waals surface area contributed by atoms with Crippen molar-refractivity contribution < 1.29 is 9.53 Å². The lowest BCUT2D eigenvalue weighted by Gasteiger charge is -2.30. The third-order valence-electron chi connectivity index (χ3n) is 3.26. The Labute approximate surface area is 109 Å². The molecule has 0 aromatic carbocycles.